The summed E-state index contributed by atoms with van der Waals surface area (Å²) in [6.45, 7) is 5.66. The highest BCUT2D eigenvalue weighted by molar-refractivity contribution is 7.18. The predicted octanol–water partition coefficient (Wildman–Crippen LogP) is 3.69. The molecular weight excluding hydrogens is 271 g/mol. The minimum Gasteiger partial charge on any atom is -0.484 e. The van der Waals surface area contributed by atoms with Crippen LogP contribution in [0.2, 0.25) is 0 Å². The van der Waals surface area contributed by atoms with Crippen LogP contribution in [0.5, 0.6) is 5.75 Å². The largest absolute Gasteiger partial charge is 0.484 e. The maximum absolute atomic E-state index is 12.1. The molecule has 1 aromatic rings. The van der Waals surface area contributed by atoms with Crippen molar-refractivity contribution in [3.63, 3.8) is 0 Å². The third kappa shape index (κ3) is 4.68. The zero-order valence-electron chi connectivity index (χ0n) is 12.2. The van der Waals surface area contributed by atoms with Crippen molar-refractivity contribution < 1.29 is 9.53 Å². The van der Waals surface area contributed by atoms with Gasteiger partial charge in [-0.05, 0) is 57.4 Å². The van der Waals surface area contributed by atoms with Crippen molar-refractivity contribution >= 4 is 21.0 Å². The van der Waals surface area contributed by atoms with Gasteiger partial charge >= 0.3 is 6.03 Å². The van der Waals surface area contributed by atoms with E-state index in [1.54, 1.807) is 0 Å². The van der Waals surface area contributed by atoms with E-state index in [9.17, 15) is 4.79 Å². The van der Waals surface area contributed by atoms with Crippen LogP contribution in [-0.2, 0) is 0 Å². The number of piperidine rings is 1. The average Bonchev–Trinajstić information content (AvgIpc) is 2.40. The highest BCUT2D eigenvalue weighted by Crippen LogP contribution is 2.24. The molecule has 1 unspecified atom stereocenters. The number of hydrogen-bond donors (Lipinski definition) is 1. The fourth-order valence-electron chi connectivity index (χ4n) is 2.21. The Balaban J connectivity index is 1.91. The lowest BCUT2D eigenvalue weighted by Gasteiger charge is -2.27. The number of nitrogens with zero attached hydrogens (tertiary/aromatic N) is 1. The van der Waals surface area contributed by atoms with Crippen LogP contribution < -0.4 is 10.1 Å². The Bertz CT molecular complexity index is 448. The fraction of sp³-hybridized carbons (Fsp3) is 0.533. The summed E-state index contributed by atoms with van der Waals surface area (Å²) in [5.74, 6) is 0.793. The van der Waals surface area contributed by atoms with Crippen LogP contribution >= 0.6 is 9.24 Å². The highest BCUT2D eigenvalue weighted by Gasteiger charge is 2.16. The fourth-order valence-corrected chi connectivity index (χ4v) is 2.35. The third-order valence-electron chi connectivity index (χ3n) is 3.13. The molecule has 0 aliphatic carbocycles. The van der Waals surface area contributed by atoms with Crippen LogP contribution in [-0.4, -0.2) is 29.4 Å². The normalized spacial score (nSPS) is 15.8. The van der Waals surface area contributed by atoms with Crippen LogP contribution in [0, 0.1) is 0 Å². The van der Waals surface area contributed by atoms with Gasteiger partial charge in [0.1, 0.15) is 11.1 Å². The van der Waals surface area contributed by atoms with Crippen molar-refractivity contribution in [3.05, 3.63) is 24.3 Å². The molecule has 0 saturated carbocycles. The number of amides is 2. The van der Waals surface area contributed by atoms with E-state index in [1.165, 1.54) is 6.42 Å². The van der Waals surface area contributed by atoms with Gasteiger partial charge in [-0.25, -0.2) is 4.79 Å². The summed E-state index contributed by atoms with van der Waals surface area (Å²) < 4.78 is 5.72. The first-order chi connectivity index (χ1) is 9.44. The zero-order valence-corrected chi connectivity index (χ0v) is 13.3. The maximum atomic E-state index is 12.1. The van der Waals surface area contributed by atoms with Gasteiger partial charge in [0.2, 0.25) is 0 Å². The molecule has 0 bridgehead atoms. The van der Waals surface area contributed by atoms with Gasteiger partial charge in [-0.1, -0.05) is 9.24 Å². The number of nitrogens with one attached hydrogen (secondary N) is 1. The van der Waals surface area contributed by atoms with Gasteiger partial charge in [0.05, 0.1) is 0 Å². The van der Waals surface area contributed by atoms with Crippen LogP contribution in [0.25, 0.3) is 0 Å². The summed E-state index contributed by atoms with van der Waals surface area (Å²) in [4.78, 5) is 13.9. The van der Waals surface area contributed by atoms with E-state index in [0.717, 1.165) is 37.4 Å². The van der Waals surface area contributed by atoms with E-state index < -0.39 is 0 Å². The molecule has 1 atom stereocenters. The molecule has 0 aromatic heterocycles. The molecule has 1 aliphatic heterocycles. The van der Waals surface area contributed by atoms with Gasteiger partial charge in [-0.3, -0.25) is 0 Å². The molecule has 4 nitrogen and oxygen atoms in total. The van der Waals surface area contributed by atoms with Gasteiger partial charge in [0.15, 0.2) is 0 Å². The summed E-state index contributed by atoms with van der Waals surface area (Å²) in [6.07, 6.45) is 3.42. The van der Waals surface area contributed by atoms with Crippen LogP contribution in [0.1, 0.15) is 33.1 Å². The zero-order chi connectivity index (χ0) is 14.6. The number of carbonyl (C=O) groups is 1. The lowest BCUT2D eigenvalue weighted by Crippen LogP contribution is -2.38. The molecule has 20 heavy (non-hydrogen) atoms. The van der Waals surface area contributed by atoms with E-state index in [2.05, 4.69) is 14.6 Å². The predicted molar refractivity (Wildman–Crippen MR) is 85.3 cm³/mol. The summed E-state index contributed by atoms with van der Waals surface area (Å²) in [6, 6.07) is 7.47. The smallest absolute Gasteiger partial charge is 0.321 e. The third-order valence-corrected chi connectivity index (χ3v) is 3.25. The Hall–Kier alpha value is -1.28. The average molecular weight is 294 g/mol. The SMILES string of the molecule is CC(C)(P)Oc1ccc(NC(=O)N2CCCCC2)cc1. The van der Waals surface area contributed by atoms with E-state index >= 15 is 0 Å². The Morgan fingerprint density at radius 1 is 1.20 bits per heavy atom. The molecule has 5 heteroatoms. The van der Waals surface area contributed by atoms with E-state index in [0.29, 0.717) is 0 Å². The van der Waals surface area contributed by atoms with Crippen molar-refractivity contribution in [1.82, 2.24) is 4.90 Å². The monoisotopic (exact) mass is 294 g/mol. The summed E-state index contributed by atoms with van der Waals surface area (Å²) in [5, 5.41) is 2.63. The van der Waals surface area contributed by atoms with E-state index in [4.69, 9.17) is 4.74 Å². The second kappa shape index (κ2) is 6.45. The first-order valence-corrected chi connectivity index (χ1v) is 7.66. The van der Waals surface area contributed by atoms with Gasteiger partial charge in [0, 0.05) is 18.8 Å². The molecular formula is C15H23N2O2P. The maximum Gasteiger partial charge on any atom is 0.321 e. The number of hydrogen-bond acceptors (Lipinski definition) is 2. The first-order valence-electron chi connectivity index (χ1n) is 7.08. The lowest BCUT2D eigenvalue weighted by atomic mass is 10.1. The molecule has 0 radical (unpaired) electrons. The molecule has 1 N–H and O–H groups in total. The second-order valence-corrected chi connectivity index (χ2v) is 7.10. The van der Waals surface area contributed by atoms with Crippen molar-refractivity contribution in [2.45, 2.75) is 38.5 Å². The van der Waals surface area contributed by atoms with Gasteiger partial charge < -0.3 is 15.0 Å². The summed E-state index contributed by atoms with van der Waals surface area (Å²) in [7, 11) is 2.64. The number of carbonyl (C=O) groups excluding carboxylic acids is 1. The number of ether oxygens (including phenoxy) is 1. The van der Waals surface area contributed by atoms with Gasteiger partial charge in [0.25, 0.3) is 0 Å². The quantitative estimate of drug-likeness (QED) is 0.864. The lowest BCUT2D eigenvalue weighted by molar-refractivity contribution is 0.200. The van der Waals surface area contributed by atoms with Crippen molar-refractivity contribution in [3.8, 4) is 5.75 Å². The molecule has 1 aliphatic rings. The standard InChI is InChI=1S/C15H23N2O2P/c1-15(2,20)19-13-8-6-12(7-9-13)16-14(18)17-10-4-3-5-11-17/h6-9H,3-5,10-11,20H2,1-2H3,(H,16,18). The van der Waals surface area contributed by atoms with E-state index in [-0.39, 0.29) is 11.4 Å². The van der Waals surface area contributed by atoms with Crippen molar-refractivity contribution in [2.24, 2.45) is 0 Å². The Labute approximate surface area is 123 Å². The number of urea groups is 1. The highest BCUT2D eigenvalue weighted by atomic mass is 31.0. The first kappa shape index (κ1) is 15.1. The number of benzene rings is 1. The van der Waals surface area contributed by atoms with E-state index in [1.807, 2.05) is 43.0 Å². The molecule has 2 amide bonds. The molecule has 110 valence electrons. The van der Waals surface area contributed by atoms with Crippen LogP contribution in [0.15, 0.2) is 24.3 Å². The number of anilines is 1. The number of rotatable bonds is 3. The summed E-state index contributed by atoms with van der Waals surface area (Å²) >= 11 is 0. The molecule has 1 fully saturated rings. The van der Waals surface area contributed by atoms with Gasteiger partial charge in [-0.2, -0.15) is 0 Å². The minimum atomic E-state index is -0.293. The Kier molecular flexibility index (Phi) is 4.87. The molecule has 0 spiro atoms. The molecule has 1 aromatic carbocycles. The van der Waals surface area contributed by atoms with Crippen LogP contribution in [0.4, 0.5) is 10.5 Å². The minimum absolute atomic E-state index is 0.00950. The van der Waals surface area contributed by atoms with Crippen molar-refractivity contribution in [2.75, 3.05) is 18.4 Å². The second-order valence-electron chi connectivity index (χ2n) is 5.71. The Morgan fingerprint density at radius 3 is 2.35 bits per heavy atom. The molecule has 1 heterocycles. The Morgan fingerprint density at radius 2 is 1.80 bits per heavy atom. The van der Waals surface area contributed by atoms with Crippen LogP contribution in [0.3, 0.4) is 0 Å². The molecule has 1 saturated heterocycles. The number of likely N-dealkylation sites (tertiary alicyclic amines) is 1. The molecule has 2 rings (SSSR count). The summed E-state index contributed by atoms with van der Waals surface area (Å²) in [5.41, 5.74) is 0.800. The topological polar surface area (TPSA) is 41.6 Å². The van der Waals surface area contributed by atoms with Crippen molar-refractivity contribution in [1.29, 1.82) is 0 Å². The van der Waals surface area contributed by atoms with Gasteiger partial charge in [-0.15, -0.1) is 0 Å².